The maximum Gasteiger partial charge on any atom is 0.268 e. The van der Waals surface area contributed by atoms with E-state index in [0.717, 1.165) is 23.4 Å². The van der Waals surface area contributed by atoms with Crippen LogP contribution in [0.3, 0.4) is 0 Å². The average molecular weight is 422 g/mol. The second-order valence-corrected chi connectivity index (χ2v) is 8.30. The largest absolute Gasteiger partial charge is 0.355 e. The second-order valence-electron chi connectivity index (χ2n) is 7.35. The molecule has 0 atom stereocenters. The Morgan fingerprint density at radius 3 is 2.40 bits per heavy atom. The van der Waals surface area contributed by atoms with Crippen molar-refractivity contribution in [2.75, 3.05) is 32.1 Å². The van der Waals surface area contributed by atoms with Crippen LogP contribution in [0.5, 0.6) is 0 Å². The number of carbonyl (C=O) groups excluding carboxylic acids is 2. The molecule has 1 heterocycles. The molecule has 3 aromatic rings. The molecular formula is C24H27N3O2S. The van der Waals surface area contributed by atoms with Gasteiger partial charge in [0, 0.05) is 18.8 Å². The van der Waals surface area contributed by atoms with Crippen LogP contribution in [0.1, 0.15) is 20.8 Å². The number of rotatable bonds is 9. The van der Waals surface area contributed by atoms with Crippen molar-refractivity contribution in [2.45, 2.75) is 13.0 Å². The van der Waals surface area contributed by atoms with Gasteiger partial charge in [0.05, 0.1) is 17.8 Å². The van der Waals surface area contributed by atoms with E-state index in [9.17, 15) is 9.59 Å². The zero-order valence-electron chi connectivity index (χ0n) is 17.4. The van der Waals surface area contributed by atoms with E-state index in [0.29, 0.717) is 18.0 Å². The number of hydrogen-bond donors (Lipinski definition) is 1. The summed E-state index contributed by atoms with van der Waals surface area (Å²) in [5.74, 6) is -0.0605. The van der Waals surface area contributed by atoms with Crippen LogP contribution in [-0.4, -0.2) is 43.9 Å². The number of amides is 2. The van der Waals surface area contributed by atoms with Gasteiger partial charge in [0.15, 0.2) is 0 Å². The topological polar surface area (TPSA) is 52.7 Å². The van der Waals surface area contributed by atoms with Gasteiger partial charge in [-0.1, -0.05) is 48.5 Å². The molecule has 0 aliphatic heterocycles. The Balaban J connectivity index is 1.78. The predicted molar refractivity (Wildman–Crippen MR) is 123 cm³/mol. The third-order valence-corrected chi connectivity index (χ3v) is 5.49. The second kappa shape index (κ2) is 10.7. The maximum atomic E-state index is 13.2. The van der Waals surface area contributed by atoms with E-state index in [2.05, 4.69) is 5.32 Å². The van der Waals surface area contributed by atoms with Crippen LogP contribution in [0.15, 0.2) is 72.1 Å². The summed E-state index contributed by atoms with van der Waals surface area (Å²) >= 11 is 1.43. The van der Waals surface area contributed by atoms with E-state index in [4.69, 9.17) is 0 Å². The molecule has 2 aromatic carbocycles. The van der Waals surface area contributed by atoms with Crippen molar-refractivity contribution < 1.29 is 9.59 Å². The highest BCUT2D eigenvalue weighted by Crippen LogP contribution is 2.23. The van der Waals surface area contributed by atoms with Gasteiger partial charge < -0.3 is 15.1 Å². The van der Waals surface area contributed by atoms with Gasteiger partial charge in [0.2, 0.25) is 5.91 Å². The number of likely N-dealkylation sites (N-methyl/N-ethyl adjacent to an activating group) is 1. The van der Waals surface area contributed by atoms with Crippen LogP contribution < -0.4 is 10.2 Å². The zero-order valence-corrected chi connectivity index (χ0v) is 18.2. The minimum Gasteiger partial charge on any atom is -0.355 e. The lowest BCUT2D eigenvalue weighted by Gasteiger charge is -2.23. The molecule has 2 amide bonds. The third-order valence-electron chi connectivity index (χ3n) is 4.63. The Morgan fingerprint density at radius 2 is 1.70 bits per heavy atom. The van der Waals surface area contributed by atoms with Crippen molar-refractivity contribution in [3.8, 4) is 0 Å². The summed E-state index contributed by atoms with van der Waals surface area (Å²) in [5, 5.41) is 4.84. The molecule has 1 N–H and O–H groups in total. The standard InChI is InChI=1S/C24H27N3O2S/c1-26(2)14-13-25-23(28)17-20-10-6-11-21(16-20)27(18-19-8-4-3-5-9-19)24(29)22-12-7-15-30-22/h3-12,15-16H,13-14,17-18H2,1-2H3,(H,25,28). The number of carbonyl (C=O) groups is 2. The van der Waals surface area contributed by atoms with Gasteiger partial charge in [-0.05, 0) is 48.8 Å². The summed E-state index contributed by atoms with van der Waals surface area (Å²) in [4.78, 5) is 30.0. The van der Waals surface area contributed by atoms with Crippen LogP contribution >= 0.6 is 11.3 Å². The highest BCUT2D eigenvalue weighted by Gasteiger charge is 2.19. The molecule has 5 nitrogen and oxygen atoms in total. The molecule has 1 aromatic heterocycles. The molecular weight excluding hydrogens is 394 g/mol. The van der Waals surface area contributed by atoms with E-state index < -0.39 is 0 Å². The van der Waals surface area contributed by atoms with Crippen molar-refractivity contribution >= 4 is 28.8 Å². The fraction of sp³-hybridized carbons (Fsp3) is 0.250. The van der Waals surface area contributed by atoms with E-state index in [1.54, 1.807) is 4.90 Å². The number of benzene rings is 2. The molecule has 6 heteroatoms. The minimum absolute atomic E-state index is 0.0202. The molecule has 156 valence electrons. The number of nitrogens with one attached hydrogen (secondary N) is 1. The van der Waals surface area contributed by atoms with Gasteiger partial charge in [-0.25, -0.2) is 0 Å². The number of hydrogen-bond acceptors (Lipinski definition) is 4. The first-order valence-corrected chi connectivity index (χ1v) is 10.8. The molecule has 0 fully saturated rings. The molecule has 0 bridgehead atoms. The first-order valence-electron chi connectivity index (χ1n) is 9.92. The van der Waals surface area contributed by atoms with Gasteiger partial charge in [-0.15, -0.1) is 11.3 Å². The van der Waals surface area contributed by atoms with E-state index >= 15 is 0 Å². The van der Waals surface area contributed by atoms with Crippen molar-refractivity contribution in [3.63, 3.8) is 0 Å². The predicted octanol–water partition coefficient (Wildman–Crippen LogP) is 3.82. The summed E-state index contributed by atoms with van der Waals surface area (Å²) in [7, 11) is 3.95. The highest BCUT2D eigenvalue weighted by atomic mass is 32.1. The molecule has 0 saturated carbocycles. The van der Waals surface area contributed by atoms with Crippen LogP contribution in [0, 0.1) is 0 Å². The lowest BCUT2D eigenvalue weighted by atomic mass is 10.1. The normalized spacial score (nSPS) is 10.8. The number of thiophene rings is 1. The van der Waals surface area contributed by atoms with Gasteiger partial charge in [-0.3, -0.25) is 9.59 Å². The zero-order chi connectivity index (χ0) is 21.3. The summed E-state index contributed by atoms with van der Waals surface area (Å²) in [5.41, 5.74) is 2.72. The molecule has 0 saturated heterocycles. The first kappa shape index (κ1) is 21.7. The Labute approximate surface area is 181 Å². The van der Waals surface area contributed by atoms with Crippen molar-refractivity contribution in [3.05, 3.63) is 88.1 Å². The van der Waals surface area contributed by atoms with Crippen LogP contribution in [0.4, 0.5) is 5.69 Å². The SMILES string of the molecule is CN(C)CCNC(=O)Cc1cccc(N(Cc2ccccc2)C(=O)c2cccs2)c1. The summed E-state index contributed by atoms with van der Waals surface area (Å²) < 4.78 is 0. The molecule has 0 spiro atoms. The minimum atomic E-state index is -0.0403. The van der Waals surface area contributed by atoms with Crippen molar-refractivity contribution in [2.24, 2.45) is 0 Å². The van der Waals surface area contributed by atoms with Gasteiger partial charge >= 0.3 is 0 Å². The Morgan fingerprint density at radius 1 is 0.933 bits per heavy atom. The Bertz CT molecular complexity index is 956. The molecule has 0 aliphatic carbocycles. The summed E-state index contributed by atoms with van der Waals surface area (Å²) in [6.45, 7) is 1.88. The van der Waals surface area contributed by atoms with E-state index in [-0.39, 0.29) is 18.2 Å². The quantitative estimate of drug-likeness (QED) is 0.572. The van der Waals surface area contributed by atoms with E-state index in [1.165, 1.54) is 11.3 Å². The lowest BCUT2D eigenvalue weighted by Crippen LogP contribution is -2.32. The number of nitrogens with zero attached hydrogens (tertiary/aromatic N) is 2. The van der Waals surface area contributed by atoms with Crippen LogP contribution in [0.2, 0.25) is 0 Å². The van der Waals surface area contributed by atoms with E-state index in [1.807, 2.05) is 91.1 Å². The van der Waals surface area contributed by atoms with Gasteiger partial charge in [0.1, 0.15) is 0 Å². The third kappa shape index (κ3) is 6.27. The van der Waals surface area contributed by atoms with Crippen LogP contribution in [-0.2, 0) is 17.8 Å². The van der Waals surface area contributed by atoms with Crippen molar-refractivity contribution in [1.82, 2.24) is 10.2 Å². The smallest absolute Gasteiger partial charge is 0.268 e. The van der Waals surface area contributed by atoms with Gasteiger partial charge in [-0.2, -0.15) is 0 Å². The average Bonchev–Trinajstić information content (AvgIpc) is 3.27. The molecule has 0 aliphatic rings. The number of anilines is 1. The lowest BCUT2D eigenvalue weighted by molar-refractivity contribution is -0.120. The molecule has 0 unspecified atom stereocenters. The summed E-state index contributed by atoms with van der Waals surface area (Å²) in [6.07, 6.45) is 0.285. The fourth-order valence-electron chi connectivity index (χ4n) is 3.08. The highest BCUT2D eigenvalue weighted by molar-refractivity contribution is 7.12. The molecule has 0 radical (unpaired) electrons. The Kier molecular flexibility index (Phi) is 7.76. The maximum absolute atomic E-state index is 13.2. The van der Waals surface area contributed by atoms with Gasteiger partial charge in [0.25, 0.3) is 5.91 Å². The first-order chi connectivity index (χ1) is 14.5. The fourth-order valence-corrected chi connectivity index (χ4v) is 3.75. The monoisotopic (exact) mass is 421 g/mol. The van der Waals surface area contributed by atoms with Crippen LogP contribution in [0.25, 0.3) is 0 Å². The van der Waals surface area contributed by atoms with Crippen molar-refractivity contribution in [1.29, 1.82) is 0 Å². The summed E-state index contributed by atoms with van der Waals surface area (Å²) in [6, 6.07) is 21.3. The Hall–Kier alpha value is -2.96. The molecule has 3 rings (SSSR count). The molecule has 30 heavy (non-hydrogen) atoms.